The zero-order valence-corrected chi connectivity index (χ0v) is 8.82. The highest BCUT2D eigenvalue weighted by molar-refractivity contribution is 5.37. The molecular weight excluding hydrogens is 226 g/mol. The third kappa shape index (κ3) is 2.90. The Kier molecular flexibility index (Phi) is 3.18. The van der Waals surface area contributed by atoms with Crippen LogP contribution in [0.4, 0.5) is 14.6 Å². The van der Waals surface area contributed by atoms with Gasteiger partial charge in [-0.15, -0.1) is 0 Å². The Morgan fingerprint density at radius 2 is 1.88 bits per heavy atom. The number of halogens is 2. The third-order valence-electron chi connectivity index (χ3n) is 2.20. The molecule has 0 saturated heterocycles. The SMILES string of the molecule is Oc1ccc(CNc2ncc(F)cc2F)cc1. The molecule has 1 aromatic heterocycles. The normalized spacial score (nSPS) is 10.2. The molecule has 3 nitrogen and oxygen atoms in total. The van der Waals surface area contributed by atoms with Crippen LogP contribution in [-0.2, 0) is 6.54 Å². The number of phenols is 1. The maximum absolute atomic E-state index is 13.2. The van der Waals surface area contributed by atoms with E-state index in [1.165, 1.54) is 12.1 Å². The summed E-state index contributed by atoms with van der Waals surface area (Å²) in [6, 6.07) is 7.23. The van der Waals surface area contributed by atoms with Gasteiger partial charge in [0.2, 0.25) is 0 Å². The van der Waals surface area contributed by atoms with E-state index in [2.05, 4.69) is 10.3 Å². The smallest absolute Gasteiger partial charge is 0.168 e. The Hall–Kier alpha value is -2.17. The Balaban J connectivity index is 2.04. The topological polar surface area (TPSA) is 45.1 Å². The van der Waals surface area contributed by atoms with Crippen LogP contribution < -0.4 is 5.32 Å². The molecule has 0 spiro atoms. The lowest BCUT2D eigenvalue weighted by Gasteiger charge is -2.06. The number of pyridine rings is 1. The van der Waals surface area contributed by atoms with E-state index in [0.717, 1.165) is 17.8 Å². The summed E-state index contributed by atoms with van der Waals surface area (Å²) in [6.07, 6.45) is 0.947. The van der Waals surface area contributed by atoms with Crippen LogP contribution in [0.3, 0.4) is 0 Å². The Bertz CT molecular complexity index is 514. The van der Waals surface area contributed by atoms with Gasteiger partial charge in [0.15, 0.2) is 11.6 Å². The number of aromatic hydroxyl groups is 1. The second kappa shape index (κ2) is 4.78. The molecule has 0 atom stereocenters. The van der Waals surface area contributed by atoms with Crippen LogP contribution in [0.5, 0.6) is 5.75 Å². The van der Waals surface area contributed by atoms with Crippen LogP contribution in [0.1, 0.15) is 5.56 Å². The summed E-state index contributed by atoms with van der Waals surface area (Å²) in [7, 11) is 0. The van der Waals surface area contributed by atoms with E-state index in [1.54, 1.807) is 12.1 Å². The lowest BCUT2D eigenvalue weighted by Crippen LogP contribution is -2.03. The van der Waals surface area contributed by atoms with Crippen molar-refractivity contribution in [3.63, 3.8) is 0 Å². The zero-order chi connectivity index (χ0) is 12.3. The molecule has 0 radical (unpaired) electrons. The maximum Gasteiger partial charge on any atom is 0.168 e. The van der Waals surface area contributed by atoms with Gasteiger partial charge in [0.1, 0.15) is 11.6 Å². The number of hydrogen-bond donors (Lipinski definition) is 2. The van der Waals surface area contributed by atoms with Gasteiger partial charge >= 0.3 is 0 Å². The second-order valence-electron chi connectivity index (χ2n) is 3.50. The number of nitrogens with one attached hydrogen (secondary N) is 1. The average Bonchev–Trinajstić information content (AvgIpc) is 2.30. The summed E-state index contributed by atoms with van der Waals surface area (Å²) in [6.45, 7) is 0.343. The van der Waals surface area contributed by atoms with Crippen molar-refractivity contribution in [2.24, 2.45) is 0 Å². The van der Waals surface area contributed by atoms with Crippen molar-refractivity contribution >= 4 is 5.82 Å². The van der Waals surface area contributed by atoms with E-state index in [4.69, 9.17) is 5.11 Å². The van der Waals surface area contributed by atoms with Crippen molar-refractivity contribution in [3.05, 3.63) is 53.7 Å². The molecule has 0 aliphatic heterocycles. The quantitative estimate of drug-likeness (QED) is 0.861. The predicted molar refractivity (Wildman–Crippen MR) is 59.6 cm³/mol. The largest absolute Gasteiger partial charge is 0.508 e. The first-order chi connectivity index (χ1) is 8.15. The van der Waals surface area contributed by atoms with Gasteiger partial charge in [-0.05, 0) is 17.7 Å². The molecular formula is C12H10F2N2O. The van der Waals surface area contributed by atoms with Crippen LogP contribution in [0.2, 0.25) is 0 Å². The third-order valence-corrected chi connectivity index (χ3v) is 2.20. The minimum absolute atomic E-state index is 0.000486. The maximum atomic E-state index is 13.2. The molecule has 0 bridgehead atoms. The molecule has 0 amide bonds. The lowest BCUT2D eigenvalue weighted by atomic mass is 10.2. The fourth-order valence-electron chi connectivity index (χ4n) is 1.34. The monoisotopic (exact) mass is 236 g/mol. The molecule has 0 fully saturated rings. The molecule has 1 aromatic carbocycles. The highest BCUT2D eigenvalue weighted by Gasteiger charge is 2.04. The summed E-state index contributed by atoms with van der Waals surface area (Å²) in [4.78, 5) is 3.60. The van der Waals surface area contributed by atoms with Gasteiger partial charge in [0.25, 0.3) is 0 Å². The van der Waals surface area contributed by atoms with Crippen LogP contribution in [0, 0.1) is 11.6 Å². The van der Waals surface area contributed by atoms with Gasteiger partial charge < -0.3 is 10.4 Å². The summed E-state index contributed by atoms with van der Waals surface area (Å²) >= 11 is 0. The van der Waals surface area contributed by atoms with Gasteiger partial charge in [-0.3, -0.25) is 0 Å². The molecule has 2 N–H and O–H groups in total. The molecule has 0 unspecified atom stereocenters. The molecule has 2 rings (SSSR count). The highest BCUT2D eigenvalue weighted by Crippen LogP contribution is 2.14. The molecule has 0 aliphatic carbocycles. The first-order valence-electron chi connectivity index (χ1n) is 4.98. The fraction of sp³-hybridized carbons (Fsp3) is 0.0833. The van der Waals surface area contributed by atoms with Crippen molar-refractivity contribution in [1.29, 1.82) is 0 Å². The van der Waals surface area contributed by atoms with Crippen molar-refractivity contribution in [3.8, 4) is 5.75 Å². The van der Waals surface area contributed by atoms with Crippen molar-refractivity contribution in [2.45, 2.75) is 6.54 Å². The predicted octanol–water partition coefficient (Wildman–Crippen LogP) is 2.68. The molecule has 0 aliphatic rings. The Morgan fingerprint density at radius 3 is 2.53 bits per heavy atom. The van der Waals surface area contributed by atoms with Crippen LogP contribution in [0.15, 0.2) is 36.5 Å². The molecule has 17 heavy (non-hydrogen) atoms. The van der Waals surface area contributed by atoms with Crippen LogP contribution in [0.25, 0.3) is 0 Å². The van der Waals surface area contributed by atoms with E-state index >= 15 is 0 Å². The van der Waals surface area contributed by atoms with E-state index in [1.807, 2.05) is 0 Å². The number of hydrogen-bond acceptors (Lipinski definition) is 3. The lowest BCUT2D eigenvalue weighted by molar-refractivity contribution is 0.475. The Morgan fingerprint density at radius 1 is 1.18 bits per heavy atom. The van der Waals surface area contributed by atoms with Gasteiger partial charge in [-0.25, -0.2) is 13.8 Å². The number of phenolic OH excluding ortho intramolecular Hbond substituents is 1. The van der Waals surface area contributed by atoms with Gasteiger partial charge in [0, 0.05) is 12.6 Å². The minimum Gasteiger partial charge on any atom is -0.508 e. The van der Waals surface area contributed by atoms with Gasteiger partial charge in [-0.1, -0.05) is 12.1 Å². The fourth-order valence-corrected chi connectivity index (χ4v) is 1.34. The highest BCUT2D eigenvalue weighted by atomic mass is 19.1. The molecule has 1 heterocycles. The van der Waals surface area contributed by atoms with Gasteiger partial charge in [0.05, 0.1) is 6.20 Å². The van der Waals surface area contributed by atoms with Crippen LogP contribution >= 0.6 is 0 Å². The molecule has 2 aromatic rings. The standard InChI is InChI=1S/C12H10F2N2O/c13-9-5-11(14)12(16-7-9)15-6-8-1-3-10(17)4-2-8/h1-5,7,17H,6H2,(H,15,16). The zero-order valence-electron chi connectivity index (χ0n) is 8.82. The van der Waals surface area contributed by atoms with E-state index in [0.29, 0.717) is 6.54 Å². The minimum atomic E-state index is -0.733. The van der Waals surface area contributed by atoms with E-state index in [-0.39, 0.29) is 11.6 Å². The molecule has 0 saturated carbocycles. The number of aromatic nitrogens is 1. The molecule has 5 heteroatoms. The summed E-state index contributed by atoms with van der Waals surface area (Å²) in [5, 5.41) is 11.8. The summed E-state index contributed by atoms with van der Waals surface area (Å²) < 4.78 is 25.8. The van der Waals surface area contributed by atoms with Crippen molar-refractivity contribution in [1.82, 2.24) is 4.98 Å². The number of rotatable bonds is 3. The number of benzene rings is 1. The summed E-state index contributed by atoms with van der Waals surface area (Å²) in [5.41, 5.74) is 0.855. The number of anilines is 1. The average molecular weight is 236 g/mol. The summed E-state index contributed by atoms with van der Waals surface area (Å²) in [5.74, 6) is -1.28. The first kappa shape index (κ1) is 11.3. The Labute approximate surface area is 96.7 Å². The number of nitrogens with zero attached hydrogens (tertiary/aromatic N) is 1. The second-order valence-corrected chi connectivity index (χ2v) is 3.50. The van der Waals surface area contributed by atoms with E-state index in [9.17, 15) is 8.78 Å². The molecule has 88 valence electrons. The van der Waals surface area contributed by atoms with E-state index < -0.39 is 11.6 Å². The van der Waals surface area contributed by atoms with Crippen LogP contribution in [-0.4, -0.2) is 10.1 Å². The van der Waals surface area contributed by atoms with Gasteiger partial charge in [-0.2, -0.15) is 0 Å². The first-order valence-corrected chi connectivity index (χ1v) is 4.98. The van der Waals surface area contributed by atoms with Crippen molar-refractivity contribution < 1.29 is 13.9 Å². The van der Waals surface area contributed by atoms with Crippen molar-refractivity contribution in [2.75, 3.05) is 5.32 Å².